The van der Waals surface area contributed by atoms with Crippen LogP contribution in [0.3, 0.4) is 0 Å². The molecule has 32 heavy (non-hydrogen) atoms. The highest BCUT2D eigenvalue weighted by Crippen LogP contribution is 2.31. The lowest BCUT2D eigenvalue weighted by Crippen LogP contribution is -2.30. The van der Waals surface area contributed by atoms with Crippen LogP contribution < -0.4 is 5.32 Å². The molecular formula is C24H20FN5OS. The van der Waals surface area contributed by atoms with E-state index in [-0.39, 0.29) is 11.7 Å². The highest BCUT2D eigenvalue weighted by atomic mass is 32.1. The summed E-state index contributed by atoms with van der Waals surface area (Å²) in [7, 11) is 1.86. The second-order valence-corrected chi connectivity index (χ2v) is 8.55. The Bertz CT molecular complexity index is 1400. The summed E-state index contributed by atoms with van der Waals surface area (Å²) in [4.78, 5) is 19.2. The average molecular weight is 446 g/mol. The maximum atomic E-state index is 13.5. The first-order valence-corrected chi connectivity index (χ1v) is 10.9. The summed E-state index contributed by atoms with van der Waals surface area (Å²) >= 11 is 1.39. The number of halogens is 1. The van der Waals surface area contributed by atoms with E-state index in [4.69, 9.17) is 0 Å². The van der Waals surface area contributed by atoms with Crippen molar-refractivity contribution in [3.8, 4) is 5.69 Å². The monoisotopic (exact) mass is 445 g/mol. The van der Waals surface area contributed by atoms with Crippen molar-refractivity contribution in [2.75, 3.05) is 0 Å². The number of carbonyl (C=O) groups excluding carboxylic acids is 1. The molecule has 0 spiro atoms. The van der Waals surface area contributed by atoms with Gasteiger partial charge in [0.15, 0.2) is 0 Å². The van der Waals surface area contributed by atoms with E-state index >= 15 is 0 Å². The fourth-order valence-corrected chi connectivity index (χ4v) is 4.80. The number of nitrogens with zero attached hydrogens (tertiary/aromatic N) is 4. The first kappa shape index (κ1) is 20.1. The van der Waals surface area contributed by atoms with Crippen molar-refractivity contribution in [2.45, 2.75) is 13.0 Å². The van der Waals surface area contributed by atoms with Crippen molar-refractivity contribution in [2.24, 2.45) is 7.05 Å². The van der Waals surface area contributed by atoms with Crippen LogP contribution in [0.15, 0.2) is 73.1 Å². The van der Waals surface area contributed by atoms with E-state index in [1.54, 1.807) is 18.3 Å². The minimum absolute atomic E-state index is 0.220. The minimum atomic E-state index is -0.514. The van der Waals surface area contributed by atoms with E-state index in [0.29, 0.717) is 10.7 Å². The highest BCUT2D eigenvalue weighted by molar-refractivity contribution is 7.20. The van der Waals surface area contributed by atoms with E-state index in [9.17, 15) is 9.18 Å². The number of imidazole rings is 1. The molecule has 1 N–H and O–H groups in total. The second-order valence-electron chi connectivity index (χ2n) is 7.52. The van der Waals surface area contributed by atoms with E-state index < -0.39 is 6.04 Å². The van der Waals surface area contributed by atoms with Crippen molar-refractivity contribution >= 4 is 27.5 Å². The maximum absolute atomic E-state index is 13.5. The van der Waals surface area contributed by atoms with E-state index in [0.717, 1.165) is 27.2 Å². The number of fused-ring (bicyclic) bond motifs is 1. The van der Waals surface area contributed by atoms with Gasteiger partial charge in [0.2, 0.25) is 0 Å². The number of aromatic nitrogens is 4. The summed E-state index contributed by atoms with van der Waals surface area (Å²) in [5.74, 6) is 0.115. The molecule has 160 valence electrons. The molecule has 0 saturated carbocycles. The Morgan fingerprint density at radius 1 is 1.12 bits per heavy atom. The van der Waals surface area contributed by atoms with Crippen molar-refractivity contribution < 1.29 is 9.18 Å². The Labute approximate surface area is 188 Å². The van der Waals surface area contributed by atoms with Crippen LogP contribution in [0.1, 0.15) is 32.8 Å². The molecule has 0 aliphatic carbocycles. The molecule has 6 nitrogen and oxygen atoms in total. The number of para-hydroxylation sites is 1. The molecule has 2 aromatic carbocycles. The third-order valence-electron chi connectivity index (χ3n) is 5.36. The molecule has 5 rings (SSSR count). The van der Waals surface area contributed by atoms with Gasteiger partial charge in [0.25, 0.3) is 5.91 Å². The molecular weight excluding hydrogens is 425 g/mol. The lowest BCUT2D eigenvalue weighted by Gasteiger charge is -2.19. The summed E-state index contributed by atoms with van der Waals surface area (Å²) in [6.07, 6.45) is 3.49. The largest absolute Gasteiger partial charge is 0.337 e. The highest BCUT2D eigenvalue weighted by Gasteiger charge is 2.24. The molecule has 1 amide bonds. The third-order valence-corrected chi connectivity index (χ3v) is 6.47. The van der Waals surface area contributed by atoms with Gasteiger partial charge in [-0.3, -0.25) is 4.79 Å². The van der Waals surface area contributed by atoms with E-state index in [1.165, 1.54) is 23.5 Å². The number of benzene rings is 2. The van der Waals surface area contributed by atoms with Crippen LogP contribution in [0.4, 0.5) is 4.39 Å². The quantitative estimate of drug-likeness (QED) is 0.423. The Hall–Kier alpha value is -3.78. The van der Waals surface area contributed by atoms with Gasteiger partial charge in [-0.15, -0.1) is 11.3 Å². The van der Waals surface area contributed by atoms with Crippen molar-refractivity contribution in [1.29, 1.82) is 0 Å². The number of nitrogens with one attached hydrogen (secondary N) is 1. The first-order valence-electron chi connectivity index (χ1n) is 10.1. The predicted molar refractivity (Wildman–Crippen MR) is 123 cm³/mol. The Balaban J connectivity index is 1.51. The van der Waals surface area contributed by atoms with Crippen molar-refractivity contribution in [3.05, 3.63) is 101 Å². The maximum Gasteiger partial charge on any atom is 0.262 e. The smallest absolute Gasteiger partial charge is 0.262 e. The zero-order valence-corrected chi connectivity index (χ0v) is 18.3. The zero-order chi connectivity index (χ0) is 22.2. The number of carbonyl (C=O) groups is 1. The molecule has 0 bridgehead atoms. The van der Waals surface area contributed by atoms with Gasteiger partial charge in [-0.05, 0) is 42.8 Å². The standard InChI is InChI=1S/C24H20FN5OS/c1-15-19-14-20(32-24(19)30(28-15)18-6-4-3-5-7-18)23(31)27-21(22-26-12-13-29(22)2)16-8-10-17(25)11-9-16/h3-14,21H,1-2H3,(H,27,31). The van der Waals surface area contributed by atoms with E-state index in [1.807, 2.05) is 65.8 Å². The van der Waals surface area contributed by atoms with Crippen molar-refractivity contribution in [1.82, 2.24) is 24.6 Å². The molecule has 5 aromatic rings. The molecule has 3 heterocycles. The van der Waals surface area contributed by atoms with Crippen molar-refractivity contribution in [3.63, 3.8) is 0 Å². The topological polar surface area (TPSA) is 64.7 Å². The summed E-state index contributed by atoms with van der Waals surface area (Å²) in [6.45, 7) is 1.94. The zero-order valence-electron chi connectivity index (χ0n) is 17.5. The molecule has 0 saturated heterocycles. The van der Waals surface area contributed by atoms with Crippen LogP contribution in [0, 0.1) is 12.7 Å². The summed E-state index contributed by atoms with van der Waals surface area (Å²) in [5, 5.41) is 8.66. The van der Waals surface area contributed by atoms with Crippen LogP contribution in [0.5, 0.6) is 0 Å². The molecule has 1 unspecified atom stereocenters. The number of hydrogen-bond donors (Lipinski definition) is 1. The van der Waals surface area contributed by atoms with Gasteiger partial charge >= 0.3 is 0 Å². The fourth-order valence-electron chi connectivity index (χ4n) is 3.71. The SMILES string of the molecule is Cc1nn(-c2ccccc2)c2sc(C(=O)NC(c3ccc(F)cc3)c3nccn3C)cc12. The van der Waals surface area contributed by atoms with Gasteiger partial charge in [0, 0.05) is 24.8 Å². The molecule has 0 aliphatic heterocycles. The number of thiophene rings is 1. The lowest BCUT2D eigenvalue weighted by molar-refractivity contribution is 0.0945. The molecule has 0 fully saturated rings. The molecule has 1 atom stereocenters. The normalized spacial score (nSPS) is 12.2. The molecule has 8 heteroatoms. The van der Waals surface area contributed by atoms with Crippen LogP contribution >= 0.6 is 11.3 Å². The lowest BCUT2D eigenvalue weighted by atomic mass is 10.1. The first-order chi connectivity index (χ1) is 15.5. The number of aryl methyl sites for hydroxylation is 2. The number of hydrogen-bond acceptors (Lipinski definition) is 4. The molecule has 0 aliphatic rings. The number of rotatable bonds is 5. The fraction of sp³-hybridized carbons (Fsp3) is 0.125. The van der Waals surface area contributed by atoms with Gasteiger partial charge in [-0.1, -0.05) is 30.3 Å². The molecule has 3 aromatic heterocycles. The van der Waals surface area contributed by atoms with E-state index in [2.05, 4.69) is 15.4 Å². The van der Waals surface area contributed by atoms with Crippen LogP contribution in [-0.4, -0.2) is 25.2 Å². The predicted octanol–water partition coefficient (Wildman–Crippen LogP) is 4.79. The van der Waals surface area contributed by atoms with Crippen LogP contribution in [-0.2, 0) is 7.05 Å². The van der Waals surface area contributed by atoms with Gasteiger partial charge in [-0.25, -0.2) is 14.1 Å². The van der Waals surface area contributed by atoms with Gasteiger partial charge in [-0.2, -0.15) is 5.10 Å². The summed E-state index contributed by atoms with van der Waals surface area (Å²) in [5.41, 5.74) is 2.55. The Morgan fingerprint density at radius 2 is 1.88 bits per heavy atom. The van der Waals surface area contributed by atoms with Crippen LogP contribution in [0.2, 0.25) is 0 Å². The second kappa shape index (κ2) is 8.05. The minimum Gasteiger partial charge on any atom is -0.337 e. The summed E-state index contributed by atoms with van der Waals surface area (Å²) in [6, 6.07) is 17.3. The van der Waals surface area contributed by atoms with Crippen LogP contribution in [0.25, 0.3) is 15.9 Å². The van der Waals surface area contributed by atoms with Gasteiger partial charge < -0.3 is 9.88 Å². The average Bonchev–Trinajstić information content (AvgIpc) is 3.50. The summed E-state index contributed by atoms with van der Waals surface area (Å²) < 4.78 is 17.2. The number of amides is 1. The Morgan fingerprint density at radius 3 is 2.56 bits per heavy atom. The van der Waals surface area contributed by atoms with Gasteiger partial charge in [0.05, 0.1) is 16.3 Å². The Kier molecular flexibility index (Phi) is 5.07. The molecule has 0 radical (unpaired) electrons. The third kappa shape index (κ3) is 3.58. The van der Waals surface area contributed by atoms with Gasteiger partial charge in [0.1, 0.15) is 22.5 Å².